The van der Waals surface area contributed by atoms with Gasteiger partial charge in [0.05, 0.1) is 6.54 Å². The molecule has 12 heavy (non-hydrogen) atoms. The smallest absolute Gasteiger partial charge is 0.229 e. The van der Waals surface area contributed by atoms with Crippen molar-refractivity contribution in [3.63, 3.8) is 0 Å². The van der Waals surface area contributed by atoms with E-state index >= 15 is 0 Å². The summed E-state index contributed by atoms with van der Waals surface area (Å²) in [7, 11) is 0. The van der Waals surface area contributed by atoms with E-state index in [-0.39, 0.29) is 16.5 Å². The quantitative estimate of drug-likeness (QED) is 0.734. The second-order valence-electron chi connectivity index (χ2n) is 1.75. The molecular formula is C6H4Cl2N4. The van der Waals surface area contributed by atoms with E-state index < -0.39 is 0 Å². The Bertz CT molecular complexity index is 300. The van der Waals surface area contributed by atoms with Gasteiger partial charge in [0.15, 0.2) is 0 Å². The molecule has 0 aliphatic carbocycles. The van der Waals surface area contributed by atoms with Crippen molar-refractivity contribution in [2.45, 2.75) is 0 Å². The Morgan fingerprint density at radius 2 is 1.83 bits per heavy atom. The molecule has 0 fully saturated rings. The number of rotatable bonds is 2. The van der Waals surface area contributed by atoms with Crippen LogP contribution in [0.4, 0.5) is 5.95 Å². The lowest BCUT2D eigenvalue weighted by molar-refractivity contribution is 1.04. The molecule has 1 aromatic rings. The minimum absolute atomic E-state index is 0.0366. The number of halogens is 2. The third kappa shape index (κ3) is 2.53. The van der Waals surface area contributed by atoms with Crippen molar-refractivity contribution in [2.75, 3.05) is 11.9 Å². The summed E-state index contributed by atoms with van der Waals surface area (Å²) in [6.07, 6.45) is 5.00. The van der Waals surface area contributed by atoms with Crippen LogP contribution in [0.15, 0.2) is 0 Å². The predicted octanol–water partition coefficient (Wildman–Crippen LogP) is 1.22. The van der Waals surface area contributed by atoms with Crippen molar-refractivity contribution in [1.29, 1.82) is 0 Å². The van der Waals surface area contributed by atoms with Crippen LogP contribution in [0, 0.1) is 12.3 Å². The largest absolute Gasteiger partial charge is 0.343 e. The van der Waals surface area contributed by atoms with Gasteiger partial charge in [-0.2, -0.15) is 15.0 Å². The van der Waals surface area contributed by atoms with Crippen LogP contribution >= 0.6 is 23.2 Å². The van der Waals surface area contributed by atoms with E-state index in [9.17, 15) is 0 Å². The molecule has 0 unspecified atom stereocenters. The van der Waals surface area contributed by atoms with Crippen molar-refractivity contribution in [3.8, 4) is 12.3 Å². The maximum atomic E-state index is 5.49. The van der Waals surface area contributed by atoms with Crippen LogP contribution in [-0.2, 0) is 0 Å². The molecule has 4 nitrogen and oxygen atoms in total. The van der Waals surface area contributed by atoms with Gasteiger partial charge in [-0.25, -0.2) is 0 Å². The van der Waals surface area contributed by atoms with Crippen molar-refractivity contribution in [1.82, 2.24) is 15.0 Å². The van der Waals surface area contributed by atoms with Crippen molar-refractivity contribution in [3.05, 3.63) is 10.6 Å². The minimum Gasteiger partial charge on any atom is -0.343 e. The van der Waals surface area contributed by atoms with Crippen molar-refractivity contribution in [2.24, 2.45) is 0 Å². The van der Waals surface area contributed by atoms with Gasteiger partial charge in [-0.05, 0) is 23.2 Å². The van der Waals surface area contributed by atoms with Crippen LogP contribution in [0.2, 0.25) is 10.6 Å². The summed E-state index contributed by atoms with van der Waals surface area (Å²) in [6, 6.07) is 0. The lowest BCUT2D eigenvalue weighted by atomic mass is 10.7. The number of anilines is 1. The maximum absolute atomic E-state index is 5.49. The monoisotopic (exact) mass is 202 g/mol. The highest BCUT2D eigenvalue weighted by Crippen LogP contribution is 2.08. The Hall–Kier alpha value is -1.05. The molecule has 1 rings (SSSR count). The van der Waals surface area contributed by atoms with Gasteiger partial charge in [0.1, 0.15) is 0 Å². The summed E-state index contributed by atoms with van der Waals surface area (Å²) < 4.78 is 0. The van der Waals surface area contributed by atoms with Crippen LogP contribution in [0.5, 0.6) is 0 Å². The van der Waals surface area contributed by atoms with E-state index in [1.54, 1.807) is 0 Å². The Kier molecular flexibility index (Phi) is 3.09. The van der Waals surface area contributed by atoms with Gasteiger partial charge in [0, 0.05) is 0 Å². The Morgan fingerprint density at radius 1 is 1.25 bits per heavy atom. The Morgan fingerprint density at radius 3 is 2.33 bits per heavy atom. The van der Waals surface area contributed by atoms with Gasteiger partial charge in [-0.1, -0.05) is 5.92 Å². The molecule has 0 amide bonds. The summed E-state index contributed by atoms with van der Waals surface area (Å²) in [5.41, 5.74) is 0. The molecule has 0 saturated carbocycles. The highest BCUT2D eigenvalue weighted by Gasteiger charge is 2.00. The van der Waals surface area contributed by atoms with Gasteiger partial charge < -0.3 is 5.32 Å². The number of nitrogens with one attached hydrogen (secondary N) is 1. The zero-order valence-corrected chi connectivity index (χ0v) is 7.39. The van der Waals surface area contributed by atoms with Crippen molar-refractivity contribution < 1.29 is 0 Å². The second kappa shape index (κ2) is 4.10. The number of hydrogen-bond donors (Lipinski definition) is 1. The Balaban J connectivity index is 2.80. The van der Waals surface area contributed by atoms with Gasteiger partial charge in [0.25, 0.3) is 0 Å². The molecule has 1 heterocycles. The van der Waals surface area contributed by atoms with E-state index in [1.807, 2.05) is 0 Å². The first kappa shape index (κ1) is 9.04. The van der Waals surface area contributed by atoms with Gasteiger partial charge in [-0.3, -0.25) is 0 Å². The normalized spacial score (nSPS) is 9.08. The standard InChI is InChI=1S/C6H4Cl2N4/c1-2-3-9-6-11-4(7)10-5(8)12-6/h1H,3H2,(H,9,10,11,12). The zero-order valence-electron chi connectivity index (χ0n) is 5.88. The molecule has 0 aromatic carbocycles. The highest BCUT2D eigenvalue weighted by molar-refractivity contribution is 6.31. The molecule has 0 radical (unpaired) electrons. The predicted molar refractivity (Wildman–Crippen MR) is 47.2 cm³/mol. The van der Waals surface area contributed by atoms with Gasteiger partial charge >= 0.3 is 0 Å². The summed E-state index contributed by atoms with van der Waals surface area (Å²) in [5, 5.41) is 2.78. The first-order chi connectivity index (χ1) is 5.72. The van der Waals surface area contributed by atoms with E-state index in [2.05, 4.69) is 26.2 Å². The Labute approximate surface area is 79.3 Å². The van der Waals surface area contributed by atoms with Crippen LogP contribution < -0.4 is 5.32 Å². The SMILES string of the molecule is C#CCNc1nc(Cl)nc(Cl)n1. The number of hydrogen-bond acceptors (Lipinski definition) is 4. The molecule has 0 aliphatic heterocycles. The summed E-state index contributed by atoms with van der Waals surface area (Å²) in [5.74, 6) is 2.63. The third-order valence-electron chi connectivity index (χ3n) is 0.929. The average Bonchev–Trinajstić information content (AvgIpc) is 1.99. The first-order valence-electron chi connectivity index (χ1n) is 2.97. The molecule has 0 aliphatic rings. The van der Waals surface area contributed by atoms with Crippen LogP contribution in [0.25, 0.3) is 0 Å². The first-order valence-corrected chi connectivity index (χ1v) is 3.72. The van der Waals surface area contributed by atoms with E-state index in [0.29, 0.717) is 6.54 Å². The van der Waals surface area contributed by atoms with E-state index in [1.165, 1.54) is 0 Å². The molecular weight excluding hydrogens is 199 g/mol. The molecule has 62 valence electrons. The van der Waals surface area contributed by atoms with Crippen molar-refractivity contribution >= 4 is 29.2 Å². The van der Waals surface area contributed by atoms with E-state index in [4.69, 9.17) is 29.6 Å². The van der Waals surface area contributed by atoms with Crippen LogP contribution in [0.1, 0.15) is 0 Å². The maximum Gasteiger partial charge on any atom is 0.229 e. The fourth-order valence-electron chi connectivity index (χ4n) is 0.535. The fourth-order valence-corrected chi connectivity index (χ4v) is 0.899. The molecule has 0 bridgehead atoms. The van der Waals surface area contributed by atoms with Crippen LogP contribution in [-0.4, -0.2) is 21.5 Å². The number of terminal acetylenes is 1. The van der Waals surface area contributed by atoms with E-state index in [0.717, 1.165) is 0 Å². The summed E-state index contributed by atoms with van der Waals surface area (Å²) in [6.45, 7) is 0.316. The topological polar surface area (TPSA) is 50.7 Å². The van der Waals surface area contributed by atoms with Crippen LogP contribution in [0.3, 0.4) is 0 Å². The average molecular weight is 203 g/mol. The van der Waals surface area contributed by atoms with Gasteiger partial charge in [0.2, 0.25) is 16.5 Å². The molecule has 6 heteroatoms. The number of nitrogens with zero attached hydrogens (tertiary/aromatic N) is 3. The summed E-state index contributed by atoms with van der Waals surface area (Å²) >= 11 is 11.0. The number of aromatic nitrogens is 3. The second-order valence-corrected chi connectivity index (χ2v) is 2.43. The molecule has 0 saturated heterocycles. The third-order valence-corrected chi connectivity index (χ3v) is 1.27. The zero-order chi connectivity index (χ0) is 8.97. The lowest BCUT2D eigenvalue weighted by Crippen LogP contribution is -2.04. The highest BCUT2D eigenvalue weighted by atomic mass is 35.5. The summed E-state index contributed by atoms with van der Waals surface area (Å²) in [4.78, 5) is 11.0. The molecule has 0 spiro atoms. The van der Waals surface area contributed by atoms with Gasteiger partial charge in [-0.15, -0.1) is 6.42 Å². The fraction of sp³-hybridized carbons (Fsp3) is 0.167. The molecule has 1 N–H and O–H groups in total. The molecule has 0 atom stereocenters. The minimum atomic E-state index is 0.0366. The molecule has 1 aromatic heterocycles. The lowest BCUT2D eigenvalue weighted by Gasteiger charge is -1.99.